The van der Waals surface area contributed by atoms with Gasteiger partial charge in [-0.05, 0) is 13.0 Å². The molecule has 2 atom stereocenters. The first-order valence-corrected chi connectivity index (χ1v) is 3.93. The first kappa shape index (κ1) is 10.3. The molecule has 0 spiro atoms. The Balaban J connectivity index is 2.73. The van der Waals surface area contributed by atoms with E-state index in [1.807, 2.05) is 0 Å². The van der Waals surface area contributed by atoms with Crippen LogP contribution in [0.1, 0.15) is 6.42 Å². The van der Waals surface area contributed by atoms with Gasteiger partial charge in [0.25, 0.3) is 0 Å². The lowest BCUT2D eigenvalue weighted by Gasteiger charge is -2.30. The highest BCUT2D eigenvalue weighted by molar-refractivity contribution is 5.70. The molecule has 1 fully saturated rings. The molecule has 1 aliphatic rings. The molecule has 1 heterocycles. The highest BCUT2D eigenvalue weighted by Gasteiger charge is 2.48. The third-order valence-corrected chi connectivity index (χ3v) is 2.22. The fourth-order valence-corrected chi connectivity index (χ4v) is 1.50. The second-order valence-corrected chi connectivity index (χ2v) is 3.09. The Morgan fingerprint density at radius 2 is 2.08 bits per heavy atom. The van der Waals surface area contributed by atoms with Gasteiger partial charge in [0.05, 0.1) is 11.8 Å². The molecule has 6 heteroatoms. The highest BCUT2D eigenvalue weighted by Crippen LogP contribution is 2.34. The number of carboxylic acid groups (broad SMARTS) is 1. The maximum Gasteiger partial charge on any atom is 0.393 e. The summed E-state index contributed by atoms with van der Waals surface area (Å²) in [6, 6.07) is 0. The molecule has 0 aliphatic carbocycles. The van der Waals surface area contributed by atoms with E-state index < -0.39 is 24.0 Å². The normalized spacial score (nSPS) is 30.1. The van der Waals surface area contributed by atoms with Crippen LogP contribution >= 0.6 is 0 Å². The number of hydrogen-bond acceptors (Lipinski definition) is 2. The van der Waals surface area contributed by atoms with Crippen molar-refractivity contribution in [2.24, 2.45) is 11.8 Å². The minimum absolute atomic E-state index is 0.0412. The van der Waals surface area contributed by atoms with Gasteiger partial charge < -0.3 is 10.4 Å². The van der Waals surface area contributed by atoms with E-state index in [2.05, 4.69) is 5.32 Å². The second kappa shape index (κ2) is 3.53. The fourth-order valence-electron chi connectivity index (χ4n) is 1.50. The van der Waals surface area contributed by atoms with E-state index in [1.54, 1.807) is 0 Å². The lowest BCUT2D eigenvalue weighted by molar-refractivity contribution is -0.199. The van der Waals surface area contributed by atoms with Gasteiger partial charge in [0, 0.05) is 6.54 Å². The zero-order valence-electron chi connectivity index (χ0n) is 6.77. The van der Waals surface area contributed by atoms with E-state index in [1.165, 1.54) is 0 Å². The van der Waals surface area contributed by atoms with Crippen LogP contribution in [-0.4, -0.2) is 30.3 Å². The average molecular weight is 197 g/mol. The molecule has 0 amide bonds. The van der Waals surface area contributed by atoms with Gasteiger partial charge in [-0.1, -0.05) is 0 Å². The topological polar surface area (TPSA) is 49.3 Å². The summed E-state index contributed by atoms with van der Waals surface area (Å²) in [6.45, 7) is 0.0456. The molecule has 3 nitrogen and oxygen atoms in total. The molecule has 1 rings (SSSR count). The number of hydrogen-bond donors (Lipinski definition) is 2. The molecule has 1 aliphatic heterocycles. The lowest BCUT2D eigenvalue weighted by Crippen LogP contribution is -2.47. The van der Waals surface area contributed by atoms with Gasteiger partial charge in [0.15, 0.2) is 0 Å². The molecule has 0 aromatic heterocycles. The van der Waals surface area contributed by atoms with E-state index in [9.17, 15) is 18.0 Å². The maximum atomic E-state index is 12.2. The van der Waals surface area contributed by atoms with Crippen molar-refractivity contribution in [3.63, 3.8) is 0 Å². The molecule has 0 unspecified atom stereocenters. The Kier molecular flexibility index (Phi) is 2.80. The van der Waals surface area contributed by atoms with Crippen LogP contribution in [0, 0.1) is 11.8 Å². The third-order valence-electron chi connectivity index (χ3n) is 2.22. The lowest BCUT2D eigenvalue weighted by atomic mass is 9.86. The van der Waals surface area contributed by atoms with Crippen molar-refractivity contribution in [2.75, 3.05) is 13.1 Å². The second-order valence-electron chi connectivity index (χ2n) is 3.09. The zero-order chi connectivity index (χ0) is 10.1. The number of carbonyl (C=O) groups is 1. The van der Waals surface area contributed by atoms with Crippen molar-refractivity contribution in [2.45, 2.75) is 12.6 Å². The summed E-state index contributed by atoms with van der Waals surface area (Å²) >= 11 is 0. The molecule has 76 valence electrons. The van der Waals surface area contributed by atoms with Gasteiger partial charge in [-0.3, -0.25) is 4.79 Å². The van der Waals surface area contributed by atoms with E-state index in [0.717, 1.165) is 0 Å². The summed E-state index contributed by atoms with van der Waals surface area (Å²) in [4.78, 5) is 10.5. The summed E-state index contributed by atoms with van der Waals surface area (Å²) in [5, 5.41) is 11.1. The largest absolute Gasteiger partial charge is 0.481 e. The molecular weight excluding hydrogens is 187 g/mol. The van der Waals surface area contributed by atoms with Crippen molar-refractivity contribution in [1.29, 1.82) is 0 Å². The smallest absolute Gasteiger partial charge is 0.393 e. The Morgan fingerprint density at radius 3 is 2.46 bits per heavy atom. The van der Waals surface area contributed by atoms with E-state index in [4.69, 9.17) is 5.11 Å². The highest BCUT2D eigenvalue weighted by atomic mass is 19.4. The minimum atomic E-state index is -4.42. The molecule has 0 aromatic rings. The van der Waals surface area contributed by atoms with Crippen LogP contribution in [-0.2, 0) is 4.79 Å². The molecular formula is C7H10F3NO2. The van der Waals surface area contributed by atoms with Crippen LogP contribution in [0.4, 0.5) is 13.2 Å². The SMILES string of the molecule is O=C(O)[C@@H]1CCNC[C@@H]1C(F)(F)F. The number of piperidine rings is 1. The number of alkyl halides is 3. The molecule has 2 N–H and O–H groups in total. The van der Waals surface area contributed by atoms with Crippen LogP contribution in [0.15, 0.2) is 0 Å². The summed E-state index contributed by atoms with van der Waals surface area (Å²) in [6.07, 6.45) is -4.38. The van der Waals surface area contributed by atoms with Crippen molar-refractivity contribution < 1.29 is 23.1 Å². The van der Waals surface area contributed by atoms with E-state index in [0.29, 0.717) is 6.54 Å². The Bertz CT molecular complexity index is 204. The van der Waals surface area contributed by atoms with Crippen LogP contribution in [0.25, 0.3) is 0 Å². The van der Waals surface area contributed by atoms with Crippen LogP contribution in [0.5, 0.6) is 0 Å². The van der Waals surface area contributed by atoms with E-state index >= 15 is 0 Å². The van der Waals surface area contributed by atoms with E-state index in [-0.39, 0.29) is 13.0 Å². The Hall–Kier alpha value is -0.780. The van der Waals surface area contributed by atoms with Crippen molar-refractivity contribution >= 4 is 5.97 Å². The quantitative estimate of drug-likeness (QED) is 0.655. The molecule has 0 bridgehead atoms. The molecule has 13 heavy (non-hydrogen) atoms. The average Bonchev–Trinajstić information content (AvgIpc) is 2.03. The van der Waals surface area contributed by atoms with Crippen molar-refractivity contribution in [3.05, 3.63) is 0 Å². The third kappa shape index (κ3) is 2.33. The first-order chi connectivity index (χ1) is 5.93. The minimum Gasteiger partial charge on any atom is -0.481 e. The number of nitrogens with one attached hydrogen (secondary N) is 1. The van der Waals surface area contributed by atoms with Gasteiger partial charge in [-0.2, -0.15) is 13.2 Å². The van der Waals surface area contributed by atoms with Gasteiger partial charge in [0.1, 0.15) is 0 Å². The van der Waals surface area contributed by atoms with Crippen molar-refractivity contribution in [1.82, 2.24) is 5.32 Å². The fraction of sp³-hybridized carbons (Fsp3) is 0.857. The van der Waals surface area contributed by atoms with Gasteiger partial charge in [-0.25, -0.2) is 0 Å². The van der Waals surface area contributed by atoms with Crippen LogP contribution in [0.2, 0.25) is 0 Å². The van der Waals surface area contributed by atoms with Crippen molar-refractivity contribution in [3.8, 4) is 0 Å². The first-order valence-electron chi connectivity index (χ1n) is 3.93. The monoisotopic (exact) mass is 197 g/mol. The molecule has 0 aromatic carbocycles. The molecule has 1 saturated heterocycles. The van der Waals surface area contributed by atoms with Gasteiger partial charge in [-0.15, -0.1) is 0 Å². The number of rotatable bonds is 1. The summed E-state index contributed by atoms with van der Waals surface area (Å²) in [7, 11) is 0. The van der Waals surface area contributed by atoms with Gasteiger partial charge in [0.2, 0.25) is 0 Å². The number of halogens is 3. The zero-order valence-corrected chi connectivity index (χ0v) is 6.77. The molecule has 0 radical (unpaired) electrons. The van der Waals surface area contributed by atoms with Crippen LogP contribution in [0.3, 0.4) is 0 Å². The van der Waals surface area contributed by atoms with Gasteiger partial charge >= 0.3 is 12.1 Å². The number of aliphatic carboxylic acids is 1. The van der Waals surface area contributed by atoms with Crippen LogP contribution < -0.4 is 5.32 Å². The molecule has 0 saturated carbocycles. The maximum absolute atomic E-state index is 12.2. The predicted molar refractivity (Wildman–Crippen MR) is 38.2 cm³/mol. The standard InChI is InChI=1S/C7H10F3NO2/c8-7(9,10)5-3-11-2-1-4(5)6(12)13/h4-5,11H,1-3H2,(H,12,13)/t4-,5+/m1/s1. The summed E-state index contributed by atoms with van der Waals surface area (Å²) in [5.41, 5.74) is 0. The number of carboxylic acids is 1. The Morgan fingerprint density at radius 1 is 1.46 bits per heavy atom. The summed E-state index contributed by atoms with van der Waals surface area (Å²) < 4.78 is 36.7. The Labute approximate surface area is 72.9 Å². The summed E-state index contributed by atoms with van der Waals surface area (Å²) in [5.74, 6) is -4.40. The predicted octanol–water partition coefficient (Wildman–Crippen LogP) is 0.859.